The molecule has 1 saturated heterocycles. The molecule has 2 N–H and O–H groups in total. The van der Waals surface area contributed by atoms with Gasteiger partial charge >= 0.3 is 6.03 Å². The van der Waals surface area contributed by atoms with Gasteiger partial charge in [-0.1, -0.05) is 12.1 Å². The van der Waals surface area contributed by atoms with Crippen LogP contribution in [0.1, 0.15) is 6.42 Å². The summed E-state index contributed by atoms with van der Waals surface area (Å²) in [4.78, 5) is 36.1. The highest BCUT2D eigenvalue weighted by atomic mass is 19.1. The Kier molecular flexibility index (Phi) is 4.78. The van der Waals surface area contributed by atoms with Crippen molar-refractivity contribution in [2.45, 2.75) is 12.5 Å². The van der Waals surface area contributed by atoms with E-state index in [1.54, 1.807) is 6.07 Å². The maximum atomic E-state index is 13.0. The lowest BCUT2D eigenvalue weighted by Crippen LogP contribution is -2.39. The van der Waals surface area contributed by atoms with Crippen LogP contribution in [-0.4, -0.2) is 29.4 Å². The van der Waals surface area contributed by atoms with Gasteiger partial charge in [-0.15, -0.1) is 0 Å². The third-order valence-corrected chi connectivity index (χ3v) is 3.95. The predicted molar refractivity (Wildman–Crippen MR) is 92.4 cm³/mol. The van der Waals surface area contributed by atoms with Crippen molar-refractivity contribution in [1.82, 2.24) is 5.32 Å². The van der Waals surface area contributed by atoms with Crippen molar-refractivity contribution < 1.29 is 18.9 Å². The van der Waals surface area contributed by atoms with Gasteiger partial charge in [-0.05, 0) is 30.3 Å². The lowest BCUT2D eigenvalue weighted by molar-refractivity contribution is -0.383. The van der Waals surface area contributed by atoms with Crippen LogP contribution in [0.5, 0.6) is 0 Å². The Morgan fingerprint density at radius 3 is 2.58 bits per heavy atom. The molecule has 1 heterocycles. The number of rotatable bonds is 4. The zero-order chi connectivity index (χ0) is 18.7. The van der Waals surface area contributed by atoms with Crippen LogP contribution in [0.2, 0.25) is 0 Å². The molecule has 0 radical (unpaired) electrons. The number of para-hydroxylation sites is 2. The maximum absolute atomic E-state index is 13.0. The van der Waals surface area contributed by atoms with Crippen LogP contribution in [0.15, 0.2) is 48.5 Å². The van der Waals surface area contributed by atoms with Crippen molar-refractivity contribution >= 4 is 29.0 Å². The fraction of sp³-hybridized carbons (Fsp3) is 0.176. The molecule has 1 unspecified atom stereocenters. The van der Waals surface area contributed by atoms with Gasteiger partial charge in [-0.25, -0.2) is 9.18 Å². The second-order valence-electron chi connectivity index (χ2n) is 5.75. The average molecular weight is 358 g/mol. The minimum absolute atomic E-state index is 0.0646. The first-order valence-electron chi connectivity index (χ1n) is 7.81. The average Bonchev–Trinajstić information content (AvgIpc) is 2.96. The minimum atomic E-state index is -0.641. The molecule has 0 aromatic heterocycles. The van der Waals surface area contributed by atoms with E-state index in [1.165, 1.54) is 47.4 Å². The number of nitrogens with zero attached hydrogens (tertiary/aromatic N) is 2. The number of hydrogen-bond donors (Lipinski definition) is 2. The molecule has 9 heteroatoms. The summed E-state index contributed by atoms with van der Waals surface area (Å²) in [6.07, 6.45) is 0.0850. The van der Waals surface area contributed by atoms with E-state index in [0.29, 0.717) is 5.69 Å². The summed E-state index contributed by atoms with van der Waals surface area (Å²) in [5, 5.41) is 16.0. The zero-order valence-electron chi connectivity index (χ0n) is 13.5. The molecule has 0 spiro atoms. The number of nitrogens with one attached hydrogen (secondary N) is 2. The number of carbonyl (C=O) groups excluding carboxylic acids is 2. The van der Waals surface area contributed by atoms with Gasteiger partial charge in [0.2, 0.25) is 5.91 Å². The van der Waals surface area contributed by atoms with Gasteiger partial charge in [0.15, 0.2) is 0 Å². The van der Waals surface area contributed by atoms with E-state index in [1.807, 2.05) is 0 Å². The highest BCUT2D eigenvalue weighted by molar-refractivity contribution is 5.98. The van der Waals surface area contributed by atoms with Gasteiger partial charge in [0.1, 0.15) is 11.5 Å². The second kappa shape index (κ2) is 7.18. The van der Waals surface area contributed by atoms with E-state index in [9.17, 15) is 24.1 Å². The van der Waals surface area contributed by atoms with Crippen LogP contribution < -0.4 is 15.5 Å². The number of hydrogen-bond acceptors (Lipinski definition) is 4. The van der Waals surface area contributed by atoms with E-state index in [-0.39, 0.29) is 30.2 Å². The monoisotopic (exact) mass is 358 g/mol. The van der Waals surface area contributed by atoms with Crippen LogP contribution in [0.4, 0.5) is 26.2 Å². The quantitative estimate of drug-likeness (QED) is 0.647. The Hall–Kier alpha value is -3.49. The van der Waals surface area contributed by atoms with Crippen molar-refractivity contribution in [1.29, 1.82) is 0 Å². The first kappa shape index (κ1) is 17.3. The van der Waals surface area contributed by atoms with E-state index in [2.05, 4.69) is 10.6 Å². The Bertz CT molecular complexity index is 856. The third kappa shape index (κ3) is 3.77. The first-order valence-corrected chi connectivity index (χ1v) is 7.81. The number of anilines is 2. The Balaban J connectivity index is 1.63. The van der Waals surface area contributed by atoms with Crippen molar-refractivity contribution in [2.75, 3.05) is 16.8 Å². The molecule has 3 rings (SSSR count). The molecule has 134 valence electrons. The van der Waals surface area contributed by atoms with Crippen LogP contribution in [0.25, 0.3) is 0 Å². The summed E-state index contributed by atoms with van der Waals surface area (Å²) in [6.45, 7) is 0.231. The maximum Gasteiger partial charge on any atom is 0.319 e. The number of benzene rings is 2. The van der Waals surface area contributed by atoms with E-state index >= 15 is 0 Å². The second-order valence-corrected chi connectivity index (χ2v) is 5.75. The first-order chi connectivity index (χ1) is 12.4. The van der Waals surface area contributed by atoms with Gasteiger partial charge in [-0.3, -0.25) is 14.9 Å². The molecule has 2 aromatic carbocycles. The molecule has 3 amide bonds. The molecule has 0 saturated carbocycles. The van der Waals surface area contributed by atoms with Crippen molar-refractivity contribution in [3.05, 3.63) is 64.5 Å². The van der Waals surface area contributed by atoms with Gasteiger partial charge in [-0.2, -0.15) is 0 Å². The largest absolute Gasteiger partial charge is 0.333 e. The molecule has 0 aliphatic carbocycles. The SMILES string of the molecule is O=C(Nc1ccccc1[N+](=O)[O-])NC1CC(=O)N(c2ccc(F)cc2)C1. The highest BCUT2D eigenvalue weighted by Crippen LogP contribution is 2.24. The van der Waals surface area contributed by atoms with Gasteiger partial charge in [0, 0.05) is 24.7 Å². The molecule has 1 aliphatic heterocycles. The zero-order valence-corrected chi connectivity index (χ0v) is 13.5. The number of amides is 3. The normalized spacial score (nSPS) is 16.4. The van der Waals surface area contributed by atoms with E-state index in [4.69, 9.17) is 0 Å². The predicted octanol–water partition coefficient (Wildman–Crippen LogP) is 2.66. The molecule has 8 nitrogen and oxygen atoms in total. The van der Waals surface area contributed by atoms with E-state index < -0.39 is 22.8 Å². The molecular formula is C17H15FN4O4. The Morgan fingerprint density at radius 2 is 1.88 bits per heavy atom. The fourth-order valence-electron chi connectivity index (χ4n) is 2.76. The molecule has 0 bridgehead atoms. The number of urea groups is 1. The van der Waals surface area contributed by atoms with Crippen LogP contribution in [0, 0.1) is 15.9 Å². The molecule has 2 aromatic rings. The van der Waals surface area contributed by atoms with Crippen molar-refractivity contribution in [2.24, 2.45) is 0 Å². The summed E-state index contributed by atoms with van der Waals surface area (Å²) in [5.74, 6) is -0.605. The number of nitro benzene ring substituents is 1. The van der Waals surface area contributed by atoms with Crippen LogP contribution in [0.3, 0.4) is 0 Å². The standard InChI is InChI=1S/C17H15FN4O4/c18-11-5-7-13(8-6-11)21-10-12(9-16(21)23)19-17(24)20-14-3-1-2-4-15(14)22(25)26/h1-8,12H,9-10H2,(H2,19,20,24). The lowest BCUT2D eigenvalue weighted by Gasteiger charge is -2.17. The smallest absolute Gasteiger partial charge is 0.319 e. The summed E-state index contributed by atoms with van der Waals surface area (Å²) in [6, 6.07) is 10.2. The summed E-state index contributed by atoms with van der Waals surface area (Å²) < 4.78 is 13.0. The molecule has 26 heavy (non-hydrogen) atoms. The fourth-order valence-corrected chi connectivity index (χ4v) is 2.76. The highest BCUT2D eigenvalue weighted by Gasteiger charge is 2.31. The van der Waals surface area contributed by atoms with Gasteiger partial charge in [0.25, 0.3) is 5.69 Å². The minimum Gasteiger partial charge on any atom is -0.333 e. The molecule has 1 aliphatic rings. The number of halogens is 1. The van der Waals surface area contributed by atoms with E-state index in [0.717, 1.165) is 0 Å². The number of carbonyl (C=O) groups is 2. The van der Waals surface area contributed by atoms with Crippen molar-refractivity contribution in [3.63, 3.8) is 0 Å². The summed E-state index contributed by atoms with van der Waals surface area (Å²) in [5.41, 5.74) is 0.382. The van der Waals surface area contributed by atoms with Crippen LogP contribution in [-0.2, 0) is 4.79 Å². The Labute approximate surface area is 147 Å². The topological polar surface area (TPSA) is 105 Å². The lowest BCUT2D eigenvalue weighted by atomic mass is 10.2. The summed E-state index contributed by atoms with van der Waals surface area (Å²) in [7, 11) is 0. The number of nitro groups is 1. The molecule has 1 atom stereocenters. The molecular weight excluding hydrogens is 343 g/mol. The molecule has 1 fully saturated rings. The van der Waals surface area contributed by atoms with Crippen molar-refractivity contribution in [3.8, 4) is 0 Å². The van der Waals surface area contributed by atoms with Gasteiger partial charge in [0.05, 0.1) is 11.0 Å². The third-order valence-electron chi connectivity index (χ3n) is 3.95. The van der Waals surface area contributed by atoms with Gasteiger partial charge < -0.3 is 15.5 Å². The Morgan fingerprint density at radius 1 is 1.19 bits per heavy atom. The summed E-state index contributed by atoms with van der Waals surface area (Å²) >= 11 is 0. The van der Waals surface area contributed by atoms with Crippen LogP contribution >= 0.6 is 0 Å².